The van der Waals surface area contributed by atoms with Gasteiger partial charge in [-0.1, -0.05) is 32.0 Å². The average molecular weight is 250 g/mol. The summed E-state index contributed by atoms with van der Waals surface area (Å²) in [4.78, 5) is 2.22. The summed E-state index contributed by atoms with van der Waals surface area (Å²) in [5.41, 5.74) is 0.288. The van der Waals surface area contributed by atoms with Crippen molar-refractivity contribution in [2.24, 2.45) is 5.41 Å². The van der Waals surface area contributed by atoms with E-state index in [9.17, 15) is 0 Å². The smallest absolute Gasteiger partial charge is 0.119 e. The summed E-state index contributed by atoms with van der Waals surface area (Å²) in [6.07, 6.45) is 0. The van der Waals surface area contributed by atoms with Gasteiger partial charge in [-0.2, -0.15) is 0 Å². The Bertz CT molecular complexity index is 323. The predicted octanol–water partition coefficient (Wildman–Crippen LogP) is 2.24. The van der Waals surface area contributed by atoms with Crippen molar-refractivity contribution >= 4 is 0 Å². The number of hydrogen-bond acceptors (Lipinski definition) is 3. The van der Waals surface area contributed by atoms with Crippen LogP contribution in [0.2, 0.25) is 0 Å². The molecule has 0 radical (unpaired) electrons. The van der Waals surface area contributed by atoms with Gasteiger partial charge in [-0.3, -0.25) is 0 Å². The number of para-hydroxylation sites is 1. The molecule has 1 rings (SSSR count). The highest BCUT2D eigenvalue weighted by Gasteiger charge is 2.17. The van der Waals surface area contributed by atoms with E-state index in [0.717, 1.165) is 25.4 Å². The molecule has 102 valence electrons. The maximum absolute atomic E-state index is 5.63. The van der Waals surface area contributed by atoms with Crippen LogP contribution < -0.4 is 10.1 Å². The predicted molar refractivity (Wildman–Crippen MR) is 77.1 cm³/mol. The lowest BCUT2D eigenvalue weighted by Crippen LogP contribution is -2.38. The number of ether oxygens (including phenoxy) is 1. The molecule has 1 aromatic rings. The van der Waals surface area contributed by atoms with Gasteiger partial charge in [-0.05, 0) is 31.6 Å². The molecule has 1 N–H and O–H groups in total. The molecule has 18 heavy (non-hydrogen) atoms. The van der Waals surface area contributed by atoms with Crippen LogP contribution in [0.25, 0.3) is 0 Å². The normalized spacial score (nSPS) is 11.8. The lowest BCUT2D eigenvalue weighted by molar-refractivity contribution is 0.225. The number of benzene rings is 1. The summed E-state index contributed by atoms with van der Waals surface area (Å²) < 4.78 is 5.63. The van der Waals surface area contributed by atoms with Crippen molar-refractivity contribution in [1.29, 1.82) is 0 Å². The van der Waals surface area contributed by atoms with Gasteiger partial charge in [0, 0.05) is 19.6 Å². The van der Waals surface area contributed by atoms with E-state index in [2.05, 4.69) is 38.2 Å². The van der Waals surface area contributed by atoms with Gasteiger partial charge in [0.1, 0.15) is 12.4 Å². The largest absolute Gasteiger partial charge is 0.492 e. The molecular formula is C15H26N2O. The topological polar surface area (TPSA) is 24.5 Å². The van der Waals surface area contributed by atoms with Gasteiger partial charge in [0.2, 0.25) is 0 Å². The van der Waals surface area contributed by atoms with Crippen molar-refractivity contribution in [3.63, 3.8) is 0 Å². The molecule has 0 fully saturated rings. The number of nitrogens with zero attached hydrogens (tertiary/aromatic N) is 1. The first kappa shape index (κ1) is 15.0. The van der Waals surface area contributed by atoms with Crippen molar-refractivity contribution in [3.05, 3.63) is 30.3 Å². The fraction of sp³-hybridized carbons (Fsp3) is 0.600. The van der Waals surface area contributed by atoms with E-state index in [1.807, 2.05) is 30.3 Å². The number of hydrogen-bond donors (Lipinski definition) is 1. The number of nitrogens with one attached hydrogen (secondary N) is 1. The highest BCUT2D eigenvalue weighted by molar-refractivity contribution is 5.20. The highest BCUT2D eigenvalue weighted by Crippen LogP contribution is 2.14. The van der Waals surface area contributed by atoms with Crippen LogP contribution in [0.1, 0.15) is 13.8 Å². The van der Waals surface area contributed by atoms with Gasteiger partial charge < -0.3 is 15.0 Å². The molecule has 3 heteroatoms. The molecule has 0 unspecified atom stereocenters. The first-order chi connectivity index (χ1) is 8.49. The second kappa shape index (κ2) is 7.39. The van der Waals surface area contributed by atoms with E-state index < -0.39 is 0 Å². The van der Waals surface area contributed by atoms with Crippen LogP contribution in [0, 0.1) is 5.41 Å². The quantitative estimate of drug-likeness (QED) is 0.716. The average Bonchev–Trinajstić information content (AvgIpc) is 2.28. The molecule has 0 bridgehead atoms. The molecule has 0 heterocycles. The summed E-state index contributed by atoms with van der Waals surface area (Å²) in [6.45, 7) is 8.23. The van der Waals surface area contributed by atoms with Crippen LogP contribution in [0.5, 0.6) is 5.75 Å². The third kappa shape index (κ3) is 6.62. The van der Waals surface area contributed by atoms with E-state index in [1.54, 1.807) is 0 Å². The van der Waals surface area contributed by atoms with Crippen molar-refractivity contribution in [2.45, 2.75) is 13.8 Å². The Morgan fingerprint density at radius 1 is 1.17 bits per heavy atom. The van der Waals surface area contributed by atoms with Crippen LogP contribution in [-0.2, 0) is 0 Å². The van der Waals surface area contributed by atoms with E-state index in [-0.39, 0.29) is 5.41 Å². The summed E-state index contributed by atoms with van der Waals surface area (Å²) >= 11 is 0. The first-order valence-electron chi connectivity index (χ1n) is 6.53. The molecule has 0 saturated heterocycles. The molecule has 0 spiro atoms. The van der Waals surface area contributed by atoms with E-state index in [1.165, 1.54) is 0 Å². The number of rotatable bonds is 8. The van der Waals surface area contributed by atoms with Crippen LogP contribution in [0.4, 0.5) is 0 Å². The zero-order valence-corrected chi connectivity index (χ0v) is 12.1. The Morgan fingerprint density at radius 3 is 2.44 bits per heavy atom. The maximum Gasteiger partial charge on any atom is 0.119 e. The van der Waals surface area contributed by atoms with Crippen molar-refractivity contribution in [3.8, 4) is 5.75 Å². The summed E-state index contributed by atoms with van der Waals surface area (Å²) in [5.74, 6) is 0.937. The lowest BCUT2D eigenvalue weighted by atomic mass is 9.93. The zero-order valence-electron chi connectivity index (χ0n) is 12.1. The van der Waals surface area contributed by atoms with Gasteiger partial charge in [-0.25, -0.2) is 0 Å². The Labute approximate surface area is 111 Å². The van der Waals surface area contributed by atoms with Crippen LogP contribution in [0.15, 0.2) is 30.3 Å². The molecule has 0 aliphatic heterocycles. The SMILES string of the molecule is CN(C)CC(C)(C)CNCCOc1ccccc1. The van der Waals surface area contributed by atoms with Gasteiger partial charge in [0.25, 0.3) is 0 Å². The first-order valence-corrected chi connectivity index (χ1v) is 6.53. The Balaban J connectivity index is 2.12. The molecule has 3 nitrogen and oxygen atoms in total. The van der Waals surface area contributed by atoms with Gasteiger partial charge in [-0.15, -0.1) is 0 Å². The Morgan fingerprint density at radius 2 is 1.83 bits per heavy atom. The fourth-order valence-corrected chi connectivity index (χ4v) is 2.10. The van der Waals surface area contributed by atoms with Crippen LogP contribution in [-0.4, -0.2) is 45.2 Å². The van der Waals surface area contributed by atoms with Crippen molar-refractivity contribution in [1.82, 2.24) is 10.2 Å². The van der Waals surface area contributed by atoms with Crippen LogP contribution in [0.3, 0.4) is 0 Å². The van der Waals surface area contributed by atoms with Crippen molar-refractivity contribution in [2.75, 3.05) is 40.3 Å². The molecule has 0 aliphatic rings. The van der Waals surface area contributed by atoms with Gasteiger partial charge in [0.05, 0.1) is 0 Å². The lowest BCUT2D eigenvalue weighted by Gasteiger charge is -2.28. The molecule has 0 saturated carbocycles. The second-order valence-electron chi connectivity index (χ2n) is 5.74. The molecular weight excluding hydrogens is 224 g/mol. The second-order valence-corrected chi connectivity index (χ2v) is 5.74. The molecule has 0 aromatic heterocycles. The molecule has 1 aromatic carbocycles. The monoisotopic (exact) mass is 250 g/mol. The van der Waals surface area contributed by atoms with E-state index >= 15 is 0 Å². The third-order valence-corrected chi connectivity index (χ3v) is 2.64. The maximum atomic E-state index is 5.63. The summed E-state index contributed by atoms with van der Waals surface area (Å²) in [5, 5.41) is 3.45. The molecule has 0 atom stereocenters. The Hall–Kier alpha value is -1.06. The van der Waals surface area contributed by atoms with Crippen LogP contribution >= 0.6 is 0 Å². The zero-order chi connectivity index (χ0) is 13.4. The van der Waals surface area contributed by atoms with Crippen molar-refractivity contribution < 1.29 is 4.74 Å². The molecule has 0 amide bonds. The van der Waals surface area contributed by atoms with Gasteiger partial charge in [0.15, 0.2) is 0 Å². The minimum atomic E-state index is 0.288. The van der Waals surface area contributed by atoms with E-state index in [4.69, 9.17) is 4.74 Å². The van der Waals surface area contributed by atoms with E-state index in [0.29, 0.717) is 6.61 Å². The summed E-state index contributed by atoms with van der Waals surface area (Å²) in [6, 6.07) is 9.94. The minimum Gasteiger partial charge on any atom is -0.492 e. The Kier molecular flexibility index (Phi) is 6.16. The van der Waals surface area contributed by atoms with Gasteiger partial charge >= 0.3 is 0 Å². The summed E-state index contributed by atoms with van der Waals surface area (Å²) in [7, 11) is 4.22. The standard InChI is InChI=1S/C15H26N2O/c1-15(2,13-17(3)4)12-16-10-11-18-14-8-6-5-7-9-14/h5-9,16H,10-13H2,1-4H3. The highest BCUT2D eigenvalue weighted by atomic mass is 16.5. The minimum absolute atomic E-state index is 0.288. The fourth-order valence-electron chi connectivity index (χ4n) is 2.10. The molecule has 0 aliphatic carbocycles. The third-order valence-electron chi connectivity index (χ3n) is 2.64.